The molecule has 2 heterocycles. The Morgan fingerprint density at radius 2 is 1.76 bits per heavy atom. The normalized spacial score (nSPS) is 11.5. The molecule has 2 aromatic heterocycles. The van der Waals surface area contributed by atoms with Crippen LogP contribution >= 0.6 is 35.0 Å². The van der Waals surface area contributed by atoms with Gasteiger partial charge in [0.1, 0.15) is 16.3 Å². The fourth-order valence-corrected chi connectivity index (χ4v) is 3.72. The summed E-state index contributed by atoms with van der Waals surface area (Å²) in [5.41, 5.74) is 1.80. The summed E-state index contributed by atoms with van der Waals surface area (Å²) in [6, 6.07) is 13.7. The van der Waals surface area contributed by atoms with Crippen LogP contribution in [-0.2, 0) is 4.79 Å². The number of hydrogen-bond acceptors (Lipinski definition) is 5. The number of thioether (sulfide) groups is 1. The van der Waals surface area contributed by atoms with E-state index in [2.05, 4.69) is 20.6 Å². The Hall–Kier alpha value is -2.61. The molecule has 6 nitrogen and oxygen atoms in total. The SMILES string of the molecule is O=C(CCl)NC(Sc1ncccc1C(=O)Nc1ccc(Cl)cc1)c1ccncc1. The number of nitrogens with one attached hydrogen (secondary N) is 2. The minimum Gasteiger partial charge on any atom is -0.339 e. The first-order valence-corrected chi connectivity index (χ1v) is 10.3. The van der Waals surface area contributed by atoms with Crippen LogP contribution in [0, 0.1) is 0 Å². The van der Waals surface area contributed by atoms with E-state index < -0.39 is 5.37 Å². The average Bonchev–Trinajstić information content (AvgIpc) is 2.75. The highest BCUT2D eigenvalue weighted by Crippen LogP contribution is 2.34. The number of rotatable bonds is 7. The van der Waals surface area contributed by atoms with Crippen LogP contribution in [0.3, 0.4) is 0 Å². The smallest absolute Gasteiger partial charge is 0.258 e. The molecule has 0 radical (unpaired) electrons. The van der Waals surface area contributed by atoms with Crippen LogP contribution in [0.15, 0.2) is 72.1 Å². The average molecular weight is 447 g/mol. The van der Waals surface area contributed by atoms with Gasteiger partial charge < -0.3 is 10.6 Å². The van der Waals surface area contributed by atoms with E-state index in [1.54, 1.807) is 67.1 Å². The molecule has 2 amide bonds. The Morgan fingerprint density at radius 1 is 1.03 bits per heavy atom. The first-order valence-electron chi connectivity index (χ1n) is 8.50. The maximum Gasteiger partial charge on any atom is 0.258 e. The van der Waals surface area contributed by atoms with Crippen molar-refractivity contribution in [2.45, 2.75) is 10.4 Å². The number of nitrogens with zero attached hydrogens (tertiary/aromatic N) is 2. The number of aromatic nitrogens is 2. The van der Waals surface area contributed by atoms with Gasteiger partial charge in [-0.3, -0.25) is 14.6 Å². The lowest BCUT2D eigenvalue weighted by molar-refractivity contribution is -0.118. The van der Waals surface area contributed by atoms with Gasteiger partial charge in [-0.05, 0) is 54.1 Å². The van der Waals surface area contributed by atoms with Crippen molar-refractivity contribution >= 4 is 52.5 Å². The molecular weight excluding hydrogens is 431 g/mol. The lowest BCUT2D eigenvalue weighted by Gasteiger charge is -2.19. The van der Waals surface area contributed by atoms with E-state index in [4.69, 9.17) is 23.2 Å². The van der Waals surface area contributed by atoms with Crippen LogP contribution in [0.1, 0.15) is 21.3 Å². The van der Waals surface area contributed by atoms with Gasteiger partial charge in [0.05, 0.1) is 5.56 Å². The highest BCUT2D eigenvalue weighted by molar-refractivity contribution is 7.99. The van der Waals surface area contributed by atoms with Crippen LogP contribution in [0.5, 0.6) is 0 Å². The predicted octanol–water partition coefficient (Wildman–Crippen LogP) is 4.53. The van der Waals surface area contributed by atoms with E-state index in [1.807, 2.05) is 0 Å². The molecule has 1 atom stereocenters. The van der Waals surface area contributed by atoms with Crippen LogP contribution in [0.4, 0.5) is 5.69 Å². The maximum absolute atomic E-state index is 12.8. The first-order chi connectivity index (χ1) is 14.1. The second-order valence-corrected chi connectivity index (χ2v) is 7.59. The monoisotopic (exact) mass is 446 g/mol. The molecule has 0 saturated heterocycles. The second-order valence-electron chi connectivity index (χ2n) is 5.80. The lowest BCUT2D eigenvalue weighted by Crippen LogP contribution is -2.28. The molecule has 1 unspecified atom stereocenters. The van der Waals surface area contributed by atoms with Gasteiger partial charge in [-0.1, -0.05) is 23.4 Å². The number of hydrogen-bond donors (Lipinski definition) is 2. The third kappa shape index (κ3) is 5.93. The van der Waals surface area contributed by atoms with Gasteiger partial charge in [0.15, 0.2) is 0 Å². The summed E-state index contributed by atoms with van der Waals surface area (Å²) in [6.07, 6.45) is 4.85. The van der Waals surface area contributed by atoms with Gasteiger partial charge in [0.25, 0.3) is 5.91 Å². The van der Waals surface area contributed by atoms with Crippen molar-refractivity contribution in [1.82, 2.24) is 15.3 Å². The summed E-state index contributed by atoms with van der Waals surface area (Å²) < 4.78 is 0. The topological polar surface area (TPSA) is 84.0 Å². The fraction of sp³-hybridized carbons (Fsp3) is 0.100. The number of alkyl halides is 1. The molecule has 0 aliphatic rings. The number of carbonyl (C=O) groups is 2. The molecule has 9 heteroatoms. The van der Waals surface area contributed by atoms with E-state index >= 15 is 0 Å². The highest BCUT2D eigenvalue weighted by atomic mass is 35.5. The number of anilines is 1. The van der Waals surface area contributed by atoms with Crippen molar-refractivity contribution in [2.75, 3.05) is 11.2 Å². The minimum absolute atomic E-state index is 0.172. The Kier molecular flexibility index (Phi) is 7.46. The molecule has 0 bridgehead atoms. The molecule has 3 aromatic rings. The Morgan fingerprint density at radius 3 is 2.45 bits per heavy atom. The molecule has 3 rings (SSSR count). The summed E-state index contributed by atoms with van der Waals surface area (Å²) >= 11 is 12.8. The molecule has 1 aromatic carbocycles. The predicted molar refractivity (Wildman–Crippen MR) is 115 cm³/mol. The Balaban J connectivity index is 1.84. The quantitative estimate of drug-likeness (QED) is 0.316. The van der Waals surface area contributed by atoms with Gasteiger partial charge in [-0.2, -0.15) is 0 Å². The number of halogens is 2. The standard InChI is InChI=1S/C20H16Cl2N4O2S/c21-12-17(27)26-19(13-7-10-23-11-8-13)29-20-16(2-1-9-24-20)18(28)25-15-5-3-14(22)4-6-15/h1-11,19H,12H2,(H,25,28)(H,26,27). The summed E-state index contributed by atoms with van der Waals surface area (Å²) in [5.74, 6) is -0.821. The second kappa shape index (κ2) is 10.2. The molecule has 148 valence electrons. The van der Waals surface area contributed by atoms with Gasteiger partial charge in [0.2, 0.25) is 5.91 Å². The largest absolute Gasteiger partial charge is 0.339 e. The zero-order valence-corrected chi connectivity index (χ0v) is 17.3. The number of amides is 2. The molecule has 0 fully saturated rings. The molecule has 0 spiro atoms. The Labute approximate surface area is 182 Å². The molecule has 0 saturated carbocycles. The number of benzene rings is 1. The summed E-state index contributed by atoms with van der Waals surface area (Å²) in [7, 11) is 0. The third-order valence-electron chi connectivity index (χ3n) is 3.77. The first kappa shape index (κ1) is 21.1. The van der Waals surface area contributed by atoms with Gasteiger partial charge in [-0.25, -0.2) is 4.98 Å². The van der Waals surface area contributed by atoms with E-state index in [9.17, 15) is 9.59 Å². The fourth-order valence-electron chi connectivity index (χ4n) is 2.40. The van der Waals surface area contributed by atoms with Crippen molar-refractivity contribution in [1.29, 1.82) is 0 Å². The number of carbonyl (C=O) groups excluding carboxylic acids is 2. The maximum atomic E-state index is 12.8. The van der Waals surface area contributed by atoms with E-state index in [0.29, 0.717) is 21.3 Å². The van der Waals surface area contributed by atoms with Gasteiger partial charge in [0, 0.05) is 29.3 Å². The summed E-state index contributed by atoms with van der Waals surface area (Å²) in [4.78, 5) is 33.0. The molecule has 0 aliphatic heterocycles. The third-order valence-corrected chi connectivity index (χ3v) is 5.44. The van der Waals surface area contributed by atoms with Crippen molar-refractivity contribution in [2.24, 2.45) is 0 Å². The molecule has 29 heavy (non-hydrogen) atoms. The lowest BCUT2D eigenvalue weighted by atomic mass is 10.2. The van der Waals surface area contributed by atoms with Crippen molar-refractivity contribution < 1.29 is 9.59 Å². The van der Waals surface area contributed by atoms with E-state index in [0.717, 1.165) is 5.56 Å². The van der Waals surface area contributed by atoms with Gasteiger partial charge >= 0.3 is 0 Å². The van der Waals surface area contributed by atoms with Crippen LogP contribution < -0.4 is 10.6 Å². The van der Waals surface area contributed by atoms with Crippen molar-refractivity contribution in [3.8, 4) is 0 Å². The van der Waals surface area contributed by atoms with E-state index in [-0.39, 0.29) is 17.7 Å². The molecule has 0 aliphatic carbocycles. The Bertz CT molecular complexity index is 987. The number of pyridine rings is 2. The van der Waals surface area contributed by atoms with Crippen LogP contribution in [0.25, 0.3) is 0 Å². The zero-order chi connectivity index (χ0) is 20.6. The summed E-state index contributed by atoms with van der Waals surface area (Å²) in [6.45, 7) is 0. The molecular formula is C20H16Cl2N4O2S. The molecule has 2 N–H and O–H groups in total. The van der Waals surface area contributed by atoms with Crippen LogP contribution in [-0.4, -0.2) is 27.7 Å². The minimum atomic E-state index is -0.485. The van der Waals surface area contributed by atoms with E-state index in [1.165, 1.54) is 11.8 Å². The van der Waals surface area contributed by atoms with Crippen molar-refractivity contribution in [3.63, 3.8) is 0 Å². The van der Waals surface area contributed by atoms with Crippen molar-refractivity contribution in [3.05, 3.63) is 83.3 Å². The highest BCUT2D eigenvalue weighted by Gasteiger charge is 2.21. The van der Waals surface area contributed by atoms with Crippen LogP contribution in [0.2, 0.25) is 5.02 Å². The summed E-state index contributed by atoms with van der Waals surface area (Å²) in [5, 5.41) is 6.22. The zero-order valence-electron chi connectivity index (χ0n) is 15.0. The van der Waals surface area contributed by atoms with Gasteiger partial charge in [-0.15, -0.1) is 11.6 Å².